The van der Waals surface area contributed by atoms with Gasteiger partial charge >= 0.3 is 0 Å². The summed E-state index contributed by atoms with van der Waals surface area (Å²) >= 11 is 9.34. The van der Waals surface area contributed by atoms with E-state index in [-0.39, 0.29) is 23.7 Å². The number of nitrogens with zero attached hydrogens (tertiary/aromatic N) is 1. The summed E-state index contributed by atoms with van der Waals surface area (Å²) in [5.74, 6) is -0.684. The summed E-state index contributed by atoms with van der Waals surface area (Å²) in [5.41, 5.74) is 0.539. The fraction of sp³-hybridized carbons (Fsp3) is 0.286. The van der Waals surface area contributed by atoms with Gasteiger partial charge in [-0.3, -0.25) is 9.59 Å². The minimum Gasteiger partial charge on any atom is -0.274 e. The predicted molar refractivity (Wildman–Crippen MR) is 77.0 cm³/mol. The predicted octanol–water partition coefficient (Wildman–Crippen LogP) is 3.56. The molecular weight excluding hydrogens is 330 g/mol. The molecule has 0 unspecified atom stereocenters. The molecule has 0 saturated carbocycles. The van der Waals surface area contributed by atoms with E-state index in [1.165, 1.54) is 4.90 Å². The van der Waals surface area contributed by atoms with Crippen LogP contribution in [0.15, 0.2) is 34.8 Å². The molecule has 1 fully saturated rings. The van der Waals surface area contributed by atoms with Gasteiger partial charge in [-0.15, -0.1) is 0 Å². The van der Waals surface area contributed by atoms with E-state index >= 15 is 0 Å². The first-order chi connectivity index (χ1) is 9.09. The largest absolute Gasteiger partial charge is 0.274 e. The molecule has 0 N–H and O–H groups in total. The standard InChI is InChI=1S/C14H11BrClNO2/c15-11-6-5-8(16)7-12(11)17-13(18)9-3-1-2-4-10(9)14(17)19/h1-2,5-7,9-10H,3-4H2/t9-,10+. The summed E-state index contributed by atoms with van der Waals surface area (Å²) in [6.45, 7) is 0. The first-order valence-electron chi connectivity index (χ1n) is 6.07. The Bertz CT molecular complexity index is 573. The SMILES string of the molecule is O=C1[C@H]2CC=CC[C@H]2C(=O)N1c1cc(Cl)ccc1Br. The summed E-state index contributed by atoms with van der Waals surface area (Å²) in [6.07, 6.45) is 5.24. The lowest BCUT2D eigenvalue weighted by Gasteiger charge is -2.16. The molecule has 0 radical (unpaired) electrons. The average Bonchev–Trinajstić information content (AvgIpc) is 2.66. The molecule has 1 heterocycles. The molecule has 0 aromatic heterocycles. The third-order valence-corrected chi connectivity index (χ3v) is 4.56. The Labute approximate surface area is 124 Å². The van der Waals surface area contributed by atoms with Gasteiger partial charge in [0.2, 0.25) is 11.8 Å². The second-order valence-electron chi connectivity index (χ2n) is 4.76. The number of hydrogen-bond donors (Lipinski definition) is 0. The number of fused-ring (bicyclic) bond motifs is 1. The molecular formula is C14H11BrClNO2. The molecule has 1 aliphatic carbocycles. The number of allylic oxidation sites excluding steroid dienone is 2. The van der Waals surface area contributed by atoms with E-state index < -0.39 is 0 Å². The van der Waals surface area contributed by atoms with Gasteiger partial charge < -0.3 is 0 Å². The first-order valence-corrected chi connectivity index (χ1v) is 7.24. The van der Waals surface area contributed by atoms with Gasteiger partial charge in [-0.25, -0.2) is 4.90 Å². The average molecular weight is 341 g/mol. The summed E-state index contributed by atoms with van der Waals surface area (Å²) in [5, 5.41) is 0.506. The molecule has 2 amide bonds. The fourth-order valence-corrected chi connectivity index (χ4v) is 3.29. The molecule has 1 aromatic rings. The van der Waals surface area contributed by atoms with Crippen molar-refractivity contribution in [3.8, 4) is 0 Å². The van der Waals surface area contributed by atoms with Gasteiger partial charge in [0.05, 0.1) is 17.5 Å². The van der Waals surface area contributed by atoms with Crippen LogP contribution in [0, 0.1) is 11.8 Å². The number of benzene rings is 1. The zero-order valence-electron chi connectivity index (χ0n) is 9.98. The number of halogens is 2. The summed E-state index contributed by atoms with van der Waals surface area (Å²) in [4.78, 5) is 26.1. The molecule has 19 heavy (non-hydrogen) atoms. The second-order valence-corrected chi connectivity index (χ2v) is 6.05. The van der Waals surface area contributed by atoms with Crippen LogP contribution in [0.2, 0.25) is 5.02 Å². The van der Waals surface area contributed by atoms with Crippen molar-refractivity contribution in [3.05, 3.63) is 39.8 Å². The normalized spacial score (nSPS) is 25.9. The summed E-state index contributed by atoms with van der Waals surface area (Å²) in [6, 6.07) is 5.11. The summed E-state index contributed by atoms with van der Waals surface area (Å²) in [7, 11) is 0. The highest BCUT2D eigenvalue weighted by atomic mass is 79.9. The molecule has 5 heteroatoms. The van der Waals surface area contributed by atoms with Crippen LogP contribution in [0.5, 0.6) is 0 Å². The Balaban J connectivity index is 2.04. The van der Waals surface area contributed by atoms with E-state index in [1.54, 1.807) is 18.2 Å². The van der Waals surface area contributed by atoms with E-state index in [0.717, 1.165) is 0 Å². The lowest BCUT2D eigenvalue weighted by molar-refractivity contribution is -0.122. The number of anilines is 1. The Kier molecular flexibility index (Phi) is 3.23. The van der Waals surface area contributed by atoms with Gasteiger partial charge in [-0.1, -0.05) is 23.8 Å². The number of carbonyl (C=O) groups is 2. The third kappa shape index (κ3) is 2.03. The maximum Gasteiger partial charge on any atom is 0.238 e. The van der Waals surface area contributed by atoms with E-state index in [9.17, 15) is 9.59 Å². The van der Waals surface area contributed by atoms with Crippen LogP contribution in [0.4, 0.5) is 5.69 Å². The molecule has 1 saturated heterocycles. The molecule has 1 aromatic carbocycles. The lowest BCUT2D eigenvalue weighted by Crippen LogP contribution is -2.31. The number of carbonyl (C=O) groups excluding carboxylic acids is 2. The maximum atomic E-state index is 12.4. The van der Waals surface area contributed by atoms with Crippen molar-refractivity contribution in [2.45, 2.75) is 12.8 Å². The molecule has 2 atom stereocenters. The molecule has 98 valence electrons. The van der Waals surface area contributed by atoms with Crippen molar-refractivity contribution in [3.63, 3.8) is 0 Å². The second kappa shape index (κ2) is 4.76. The van der Waals surface area contributed by atoms with Crippen molar-refractivity contribution in [1.82, 2.24) is 0 Å². The van der Waals surface area contributed by atoms with Crippen molar-refractivity contribution < 1.29 is 9.59 Å². The van der Waals surface area contributed by atoms with Crippen molar-refractivity contribution in [1.29, 1.82) is 0 Å². The van der Waals surface area contributed by atoms with E-state index in [4.69, 9.17) is 11.6 Å². The van der Waals surface area contributed by atoms with Crippen LogP contribution in [-0.2, 0) is 9.59 Å². The van der Waals surface area contributed by atoms with Crippen LogP contribution in [0.25, 0.3) is 0 Å². The molecule has 0 bridgehead atoms. The van der Waals surface area contributed by atoms with E-state index in [1.807, 2.05) is 12.2 Å². The Morgan fingerprint density at radius 3 is 2.26 bits per heavy atom. The minimum atomic E-state index is -0.219. The number of amides is 2. The number of hydrogen-bond acceptors (Lipinski definition) is 2. The van der Waals surface area contributed by atoms with Crippen LogP contribution in [0.1, 0.15) is 12.8 Å². The van der Waals surface area contributed by atoms with Crippen LogP contribution < -0.4 is 4.90 Å². The van der Waals surface area contributed by atoms with Gasteiger partial charge in [0.15, 0.2) is 0 Å². The number of rotatable bonds is 1. The Morgan fingerprint density at radius 2 is 1.68 bits per heavy atom. The topological polar surface area (TPSA) is 37.4 Å². The smallest absolute Gasteiger partial charge is 0.238 e. The van der Waals surface area contributed by atoms with Crippen molar-refractivity contribution in [2.75, 3.05) is 4.90 Å². The fourth-order valence-electron chi connectivity index (χ4n) is 2.69. The van der Waals surface area contributed by atoms with Crippen molar-refractivity contribution in [2.24, 2.45) is 11.8 Å². The monoisotopic (exact) mass is 339 g/mol. The van der Waals surface area contributed by atoms with Crippen LogP contribution in [0.3, 0.4) is 0 Å². The van der Waals surface area contributed by atoms with Crippen LogP contribution >= 0.6 is 27.5 Å². The summed E-state index contributed by atoms with van der Waals surface area (Å²) < 4.78 is 0.699. The molecule has 1 aliphatic heterocycles. The highest BCUT2D eigenvalue weighted by Gasteiger charge is 2.48. The van der Waals surface area contributed by atoms with Gasteiger partial charge in [-0.2, -0.15) is 0 Å². The lowest BCUT2D eigenvalue weighted by atomic mass is 9.85. The molecule has 3 rings (SSSR count). The minimum absolute atomic E-state index is 0.123. The van der Waals surface area contributed by atoms with E-state index in [2.05, 4.69) is 15.9 Å². The molecule has 0 spiro atoms. The van der Waals surface area contributed by atoms with Gasteiger partial charge in [-0.05, 0) is 47.0 Å². The first kappa shape index (κ1) is 12.9. The quantitative estimate of drug-likeness (QED) is 0.579. The highest BCUT2D eigenvalue weighted by Crippen LogP contribution is 2.40. The third-order valence-electron chi connectivity index (χ3n) is 3.66. The Morgan fingerprint density at radius 1 is 1.11 bits per heavy atom. The molecule has 3 nitrogen and oxygen atoms in total. The van der Waals surface area contributed by atoms with E-state index in [0.29, 0.717) is 28.0 Å². The van der Waals surface area contributed by atoms with Crippen LogP contribution in [-0.4, -0.2) is 11.8 Å². The zero-order valence-corrected chi connectivity index (χ0v) is 12.3. The molecule has 2 aliphatic rings. The van der Waals surface area contributed by atoms with Gasteiger partial charge in [0, 0.05) is 9.50 Å². The van der Waals surface area contributed by atoms with Gasteiger partial charge in [0.1, 0.15) is 0 Å². The number of imide groups is 1. The Hall–Kier alpha value is -1.13. The highest BCUT2D eigenvalue weighted by molar-refractivity contribution is 9.10. The van der Waals surface area contributed by atoms with Crippen molar-refractivity contribution >= 4 is 45.0 Å². The van der Waals surface area contributed by atoms with Gasteiger partial charge in [0.25, 0.3) is 0 Å². The maximum absolute atomic E-state index is 12.4. The zero-order chi connectivity index (χ0) is 13.6.